The summed E-state index contributed by atoms with van der Waals surface area (Å²) in [6.07, 6.45) is 1.94. The summed E-state index contributed by atoms with van der Waals surface area (Å²) in [6.45, 7) is 0.520. The van der Waals surface area contributed by atoms with Crippen molar-refractivity contribution < 1.29 is 13.2 Å². The summed E-state index contributed by atoms with van der Waals surface area (Å²) in [6, 6.07) is 10.8. The van der Waals surface area contributed by atoms with Gasteiger partial charge in [0.2, 0.25) is 15.9 Å². The zero-order chi connectivity index (χ0) is 16.3. The number of carbonyl (C=O) groups excluding carboxylic acids is 1. The third-order valence-electron chi connectivity index (χ3n) is 3.70. The molecular weight excluding hydrogens is 332 g/mol. The van der Waals surface area contributed by atoms with Gasteiger partial charge in [-0.3, -0.25) is 9.10 Å². The van der Waals surface area contributed by atoms with Crippen LogP contribution in [0, 0.1) is 0 Å². The van der Waals surface area contributed by atoms with Gasteiger partial charge in [-0.25, -0.2) is 8.42 Å². The van der Waals surface area contributed by atoms with Gasteiger partial charge < -0.3 is 5.32 Å². The third-order valence-corrected chi connectivity index (χ3v) is 6.45. The fourth-order valence-corrected chi connectivity index (χ4v) is 4.91. The van der Waals surface area contributed by atoms with Crippen LogP contribution in [-0.2, 0) is 21.2 Å². The highest BCUT2D eigenvalue weighted by atomic mass is 32.2. The van der Waals surface area contributed by atoms with E-state index in [2.05, 4.69) is 5.32 Å². The van der Waals surface area contributed by atoms with E-state index in [-0.39, 0.29) is 11.7 Å². The first-order chi connectivity index (χ1) is 11.0. The van der Waals surface area contributed by atoms with Crippen LogP contribution in [0.3, 0.4) is 0 Å². The molecule has 1 amide bonds. The molecule has 0 atom stereocenters. The van der Waals surface area contributed by atoms with Crippen molar-refractivity contribution in [2.24, 2.45) is 0 Å². The molecule has 122 valence electrons. The molecule has 5 nitrogen and oxygen atoms in total. The van der Waals surface area contributed by atoms with Crippen LogP contribution >= 0.6 is 11.3 Å². The van der Waals surface area contributed by atoms with E-state index < -0.39 is 10.0 Å². The number of rotatable bonds is 4. The molecule has 3 rings (SSSR count). The van der Waals surface area contributed by atoms with Crippen molar-refractivity contribution in [3.8, 4) is 0 Å². The number of carbonyl (C=O) groups is 1. The van der Waals surface area contributed by atoms with Crippen LogP contribution in [0.4, 0.5) is 11.4 Å². The molecule has 1 aromatic carbocycles. The lowest BCUT2D eigenvalue weighted by atomic mass is 10.2. The average Bonchev–Trinajstić information content (AvgIpc) is 3.01. The summed E-state index contributed by atoms with van der Waals surface area (Å²) in [5.41, 5.74) is 1.32. The van der Waals surface area contributed by atoms with Gasteiger partial charge in [0.25, 0.3) is 0 Å². The van der Waals surface area contributed by atoms with Crippen molar-refractivity contribution in [1.82, 2.24) is 0 Å². The number of anilines is 2. The minimum Gasteiger partial charge on any atom is -0.326 e. The predicted octanol–water partition coefficient (Wildman–Crippen LogP) is 2.86. The maximum absolute atomic E-state index is 12.1. The minimum absolute atomic E-state index is 0.0780. The van der Waals surface area contributed by atoms with Gasteiger partial charge in [0.05, 0.1) is 17.9 Å². The number of benzene rings is 1. The lowest BCUT2D eigenvalue weighted by Crippen LogP contribution is -2.37. The van der Waals surface area contributed by atoms with Crippen LogP contribution in [0.5, 0.6) is 0 Å². The maximum Gasteiger partial charge on any atom is 0.235 e. The summed E-state index contributed by atoms with van der Waals surface area (Å²) in [5, 5.41) is 4.77. The summed E-state index contributed by atoms with van der Waals surface area (Å²) in [5.74, 6) is 0.123. The summed E-state index contributed by atoms with van der Waals surface area (Å²) in [7, 11) is -3.20. The van der Waals surface area contributed by atoms with Crippen molar-refractivity contribution in [3.63, 3.8) is 0 Å². The largest absolute Gasteiger partial charge is 0.326 e. The predicted molar refractivity (Wildman–Crippen MR) is 93.5 cm³/mol. The van der Waals surface area contributed by atoms with E-state index in [1.807, 2.05) is 17.5 Å². The Morgan fingerprint density at radius 2 is 1.96 bits per heavy atom. The Kier molecular flexibility index (Phi) is 4.68. The molecule has 1 saturated heterocycles. The third kappa shape index (κ3) is 3.92. The molecule has 1 N–H and O–H groups in total. The second kappa shape index (κ2) is 6.72. The Labute approximate surface area is 140 Å². The Morgan fingerprint density at radius 1 is 1.17 bits per heavy atom. The lowest BCUT2D eigenvalue weighted by Gasteiger charge is -2.28. The molecule has 0 bridgehead atoms. The zero-order valence-corrected chi connectivity index (χ0v) is 14.2. The molecule has 1 aliphatic heterocycles. The first-order valence-electron chi connectivity index (χ1n) is 7.47. The molecule has 1 fully saturated rings. The van der Waals surface area contributed by atoms with Crippen molar-refractivity contribution in [3.05, 3.63) is 46.7 Å². The Hall–Kier alpha value is -1.86. The number of hydrogen-bond donors (Lipinski definition) is 1. The van der Waals surface area contributed by atoms with Crippen LogP contribution < -0.4 is 9.62 Å². The van der Waals surface area contributed by atoms with E-state index in [0.29, 0.717) is 24.3 Å². The normalized spacial score (nSPS) is 17.0. The first kappa shape index (κ1) is 16.0. The van der Waals surface area contributed by atoms with Gasteiger partial charge in [0.15, 0.2) is 0 Å². The Balaban J connectivity index is 1.66. The lowest BCUT2D eigenvalue weighted by molar-refractivity contribution is -0.115. The smallest absolute Gasteiger partial charge is 0.235 e. The van der Waals surface area contributed by atoms with Gasteiger partial charge in [-0.15, -0.1) is 11.3 Å². The zero-order valence-electron chi connectivity index (χ0n) is 12.6. The van der Waals surface area contributed by atoms with Gasteiger partial charge >= 0.3 is 0 Å². The second-order valence-electron chi connectivity index (χ2n) is 5.45. The SMILES string of the molecule is O=C(Cc1cccs1)Nc1ccc(N2CCCCS2(=O)=O)cc1. The first-order valence-corrected chi connectivity index (χ1v) is 9.96. The van der Waals surface area contributed by atoms with Crippen molar-refractivity contribution >= 4 is 38.6 Å². The average molecular weight is 350 g/mol. The van der Waals surface area contributed by atoms with E-state index in [1.165, 1.54) is 4.31 Å². The Bertz CT molecular complexity index is 768. The van der Waals surface area contributed by atoms with Crippen LogP contribution in [0.15, 0.2) is 41.8 Å². The molecule has 7 heteroatoms. The molecule has 1 aromatic heterocycles. The van der Waals surface area contributed by atoms with E-state index in [4.69, 9.17) is 0 Å². The van der Waals surface area contributed by atoms with Crippen molar-refractivity contribution in [2.75, 3.05) is 21.9 Å². The molecular formula is C16H18N2O3S2. The fourth-order valence-electron chi connectivity index (χ4n) is 2.57. The second-order valence-corrected chi connectivity index (χ2v) is 8.49. The van der Waals surface area contributed by atoms with Crippen molar-refractivity contribution in [2.45, 2.75) is 19.3 Å². The quantitative estimate of drug-likeness (QED) is 0.922. The molecule has 0 aliphatic carbocycles. The van der Waals surface area contributed by atoms with E-state index >= 15 is 0 Å². The molecule has 1 aliphatic rings. The van der Waals surface area contributed by atoms with Crippen LogP contribution in [0.25, 0.3) is 0 Å². The van der Waals surface area contributed by atoms with Gasteiger partial charge in [-0.1, -0.05) is 6.07 Å². The number of hydrogen-bond acceptors (Lipinski definition) is 4. The monoisotopic (exact) mass is 350 g/mol. The number of nitrogens with one attached hydrogen (secondary N) is 1. The van der Waals surface area contributed by atoms with Crippen molar-refractivity contribution in [1.29, 1.82) is 0 Å². The number of thiophene rings is 1. The van der Waals surface area contributed by atoms with E-state index in [0.717, 1.165) is 17.7 Å². The summed E-state index contributed by atoms with van der Waals surface area (Å²) < 4.78 is 25.6. The summed E-state index contributed by atoms with van der Waals surface area (Å²) >= 11 is 1.55. The van der Waals surface area contributed by atoms with Crippen LogP contribution in [0.2, 0.25) is 0 Å². The molecule has 0 spiro atoms. The minimum atomic E-state index is -3.20. The highest BCUT2D eigenvalue weighted by Gasteiger charge is 2.25. The standard InChI is InChI=1S/C16H18N2O3S2/c19-16(12-15-4-3-10-22-15)17-13-5-7-14(8-6-13)18-9-1-2-11-23(18,20)21/h3-8,10H,1-2,9,11-12H2,(H,17,19). The van der Waals surface area contributed by atoms with Gasteiger partial charge in [-0.05, 0) is 48.6 Å². The molecule has 2 aromatic rings. The fraction of sp³-hybridized carbons (Fsp3) is 0.312. The number of sulfonamides is 1. The molecule has 0 saturated carbocycles. The van der Waals surface area contributed by atoms with Gasteiger partial charge in [0, 0.05) is 17.1 Å². The van der Waals surface area contributed by atoms with E-state index in [1.54, 1.807) is 35.6 Å². The topological polar surface area (TPSA) is 66.5 Å². The van der Waals surface area contributed by atoms with E-state index in [9.17, 15) is 13.2 Å². The molecule has 0 radical (unpaired) electrons. The highest BCUT2D eigenvalue weighted by molar-refractivity contribution is 7.92. The Morgan fingerprint density at radius 3 is 2.61 bits per heavy atom. The maximum atomic E-state index is 12.1. The molecule has 23 heavy (non-hydrogen) atoms. The number of nitrogens with zero attached hydrogens (tertiary/aromatic N) is 1. The van der Waals surface area contributed by atoms with Gasteiger partial charge in [-0.2, -0.15) is 0 Å². The van der Waals surface area contributed by atoms with Gasteiger partial charge in [0.1, 0.15) is 0 Å². The number of amides is 1. The summed E-state index contributed by atoms with van der Waals surface area (Å²) in [4.78, 5) is 13.0. The molecule has 0 unspecified atom stereocenters. The highest BCUT2D eigenvalue weighted by Crippen LogP contribution is 2.25. The van der Waals surface area contributed by atoms with Crippen LogP contribution in [0.1, 0.15) is 17.7 Å². The molecule has 2 heterocycles. The van der Waals surface area contributed by atoms with Crippen LogP contribution in [-0.4, -0.2) is 26.6 Å².